The predicted octanol–water partition coefficient (Wildman–Crippen LogP) is 3.12. The zero-order valence-electron chi connectivity index (χ0n) is 12.0. The van der Waals surface area contributed by atoms with E-state index in [-0.39, 0.29) is 0 Å². The average molecular weight is 258 g/mol. The maximum atomic E-state index is 6.46. The van der Waals surface area contributed by atoms with Crippen molar-refractivity contribution < 1.29 is 0 Å². The molecule has 0 spiro atoms. The Bertz CT molecular complexity index is 429. The molecule has 1 saturated heterocycles. The van der Waals surface area contributed by atoms with Crippen LogP contribution < -0.4 is 5.73 Å². The Morgan fingerprint density at radius 2 is 2.16 bits per heavy atom. The Hall–Kier alpha value is -0.860. The molecule has 0 unspecified atom stereocenters. The van der Waals surface area contributed by atoms with Gasteiger partial charge in [-0.1, -0.05) is 44.0 Å². The number of fused-ring (bicyclic) bond motifs is 3. The fourth-order valence-corrected chi connectivity index (χ4v) is 3.86. The number of piperidine rings is 1. The van der Waals surface area contributed by atoms with Gasteiger partial charge in [-0.15, -0.1) is 0 Å². The summed E-state index contributed by atoms with van der Waals surface area (Å²) in [5.41, 5.74) is 9.54. The van der Waals surface area contributed by atoms with Crippen molar-refractivity contribution in [3.63, 3.8) is 0 Å². The summed E-state index contributed by atoms with van der Waals surface area (Å²) in [7, 11) is 0. The summed E-state index contributed by atoms with van der Waals surface area (Å²) in [4.78, 5) is 2.69. The van der Waals surface area contributed by atoms with E-state index in [2.05, 4.69) is 36.1 Å². The Kier molecular flexibility index (Phi) is 3.90. The van der Waals surface area contributed by atoms with Crippen LogP contribution in [-0.4, -0.2) is 24.0 Å². The maximum Gasteiger partial charge on any atom is 0.0365 e. The molecule has 104 valence electrons. The number of nitrogens with two attached hydrogens (primary N) is 1. The van der Waals surface area contributed by atoms with Gasteiger partial charge in [0, 0.05) is 25.2 Å². The van der Waals surface area contributed by atoms with Crippen molar-refractivity contribution in [1.82, 2.24) is 4.90 Å². The van der Waals surface area contributed by atoms with Gasteiger partial charge in [0.05, 0.1) is 0 Å². The lowest BCUT2D eigenvalue weighted by Crippen LogP contribution is -2.50. The molecule has 2 heteroatoms. The highest BCUT2D eigenvalue weighted by Gasteiger charge is 2.36. The van der Waals surface area contributed by atoms with Crippen LogP contribution in [0.3, 0.4) is 0 Å². The van der Waals surface area contributed by atoms with Crippen LogP contribution in [0.2, 0.25) is 0 Å². The van der Waals surface area contributed by atoms with Crippen LogP contribution in [0, 0.1) is 5.92 Å². The smallest absolute Gasteiger partial charge is 0.0365 e. The first-order valence-electron chi connectivity index (χ1n) is 7.87. The molecule has 2 nitrogen and oxygen atoms in total. The minimum atomic E-state index is 0.388. The molecule has 3 atom stereocenters. The third-order valence-electron chi connectivity index (χ3n) is 5.02. The van der Waals surface area contributed by atoms with Gasteiger partial charge in [-0.05, 0) is 36.3 Å². The van der Waals surface area contributed by atoms with Gasteiger partial charge in [0.2, 0.25) is 0 Å². The summed E-state index contributed by atoms with van der Waals surface area (Å²) in [6.45, 7) is 4.70. The molecule has 0 bridgehead atoms. The van der Waals surface area contributed by atoms with Crippen LogP contribution >= 0.6 is 0 Å². The molecule has 2 heterocycles. The average Bonchev–Trinajstić information content (AvgIpc) is 2.45. The molecule has 0 amide bonds. The third kappa shape index (κ3) is 2.56. The minimum absolute atomic E-state index is 0.388. The Morgan fingerprint density at radius 3 is 3.00 bits per heavy atom. The molecular weight excluding hydrogens is 232 g/mol. The lowest BCUT2D eigenvalue weighted by Gasteiger charge is -2.46. The first-order valence-corrected chi connectivity index (χ1v) is 7.87. The monoisotopic (exact) mass is 258 g/mol. The number of nitrogens with zero attached hydrogens (tertiary/aromatic N) is 1. The number of hydrogen-bond acceptors (Lipinski definition) is 2. The molecule has 0 radical (unpaired) electrons. The van der Waals surface area contributed by atoms with Gasteiger partial charge in [-0.3, -0.25) is 4.90 Å². The summed E-state index contributed by atoms with van der Waals surface area (Å²) >= 11 is 0. The fourth-order valence-electron chi connectivity index (χ4n) is 3.86. The number of benzene rings is 1. The largest absolute Gasteiger partial charge is 0.327 e. The summed E-state index contributed by atoms with van der Waals surface area (Å²) in [6.07, 6.45) is 6.28. The molecule has 0 saturated carbocycles. The number of unbranched alkanes of at least 4 members (excludes halogenated alkanes) is 1. The van der Waals surface area contributed by atoms with Crippen LogP contribution in [0.1, 0.15) is 49.8 Å². The molecule has 19 heavy (non-hydrogen) atoms. The van der Waals surface area contributed by atoms with Gasteiger partial charge >= 0.3 is 0 Å². The summed E-state index contributed by atoms with van der Waals surface area (Å²) in [6, 6.07) is 9.92. The Labute approximate surface area is 117 Å². The van der Waals surface area contributed by atoms with Crippen LogP contribution in [0.5, 0.6) is 0 Å². The molecule has 2 N–H and O–H groups in total. The molecule has 2 aliphatic rings. The molecular formula is C17H26N2. The van der Waals surface area contributed by atoms with E-state index < -0.39 is 0 Å². The van der Waals surface area contributed by atoms with E-state index in [4.69, 9.17) is 5.73 Å². The number of rotatable bonds is 3. The van der Waals surface area contributed by atoms with Crippen LogP contribution in [0.25, 0.3) is 0 Å². The van der Waals surface area contributed by atoms with Crippen molar-refractivity contribution >= 4 is 0 Å². The summed E-state index contributed by atoms with van der Waals surface area (Å²) in [5.74, 6) is 0.710. The highest BCUT2D eigenvalue weighted by atomic mass is 15.2. The quantitative estimate of drug-likeness (QED) is 0.902. The van der Waals surface area contributed by atoms with Gasteiger partial charge in [-0.2, -0.15) is 0 Å². The standard InChI is InChI=1S/C17H26N2/c1-2-3-6-14-12-19-10-9-13-7-4-5-8-15(13)17(19)11-16(14)18/h4-5,7-8,14,16-17H,2-3,6,9-12,18H2,1H3/t14-,16+,17-/m0/s1. The minimum Gasteiger partial charge on any atom is -0.327 e. The second-order valence-electron chi connectivity index (χ2n) is 6.26. The summed E-state index contributed by atoms with van der Waals surface area (Å²) in [5, 5.41) is 0. The van der Waals surface area contributed by atoms with Crippen molar-refractivity contribution in [3.8, 4) is 0 Å². The van der Waals surface area contributed by atoms with Crippen LogP contribution in [0.4, 0.5) is 0 Å². The zero-order valence-corrected chi connectivity index (χ0v) is 12.0. The second kappa shape index (κ2) is 5.64. The first-order chi connectivity index (χ1) is 9.29. The maximum absolute atomic E-state index is 6.46. The Balaban J connectivity index is 1.76. The molecule has 1 aromatic rings. The molecule has 3 rings (SSSR count). The van der Waals surface area contributed by atoms with Gasteiger partial charge in [0.15, 0.2) is 0 Å². The van der Waals surface area contributed by atoms with E-state index >= 15 is 0 Å². The van der Waals surface area contributed by atoms with Gasteiger partial charge in [-0.25, -0.2) is 0 Å². The molecule has 1 aromatic carbocycles. The molecule has 0 aliphatic carbocycles. The topological polar surface area (TPSA) is 29.3 Å². The normalized spacial score (nSPS) is 30.7. The molecule has 0 aromatic heterocycles. The summed E-state index contributed by atoms with van der Waals surface area (Å²) < 4.78 is 0. The van der Waals surface area contributed by atoms with Crippen molar-refractivity contribution in [2.45, 2.75) is 51.1 Å². The molecule has 2 aliphatic heterocycles. The third-order valence-corrected chi connectivity index (χ3v) is 5.02. The van der Waals surface area contributed by atoms with Crippen molar-refractivity contribution in [3.05, 3.63) is 35.4 Å². The zero-order chi connectivity index (χ0) is 13.2. The predicted molar refractivity (Wildman–Crippen MR) is 80.1 cm³/mol. The number of hydrogen-bond donors (Lipinski definition) is 1. The van der Waals surface area contributed by atoms with E-state index in [9.17, 15) is 0 Å². The van der Waals surface area contributed by atoms with E-state index in [1.54, 1.807) is 5.56 Å². The Morgan fingerprint density at radius 1 is 1.32 bits per heavy atom. The van der Waals surface area contributed by atoms with E-state index in [1.807, 2.05) is 0 Å². The second-order valence-corrected chi connectivity index (χ2v) is 6.26. The highest BCUT2D eigenvalue weighted by Crippen LogP contribution is 2.38. The van der Waals surface area contributed by atoms with Gasteiger partial charge < -0.3 is 5.73 Å². The lowest BCUT2D eigenvalue weighted by molar-refractivity contribution is 0.0786. The lowest BCUT2D eigenvalue weighted by atomic mass is 9.79. The van der Waals surface area contributed by atoms with Gasteiger partial charge in [0.1, 0.15) is 0 Å². The van der Waals surface area contributed by atoms with E-state index in [0.717, 1.165) is 6.42 Å². The SMILES string of the molecule is CCCC[C@H]1CN2CCc3ccccc3[C@@H]2C[C@H]1N. The van der Waals surface area contributed by atoms with Crippen molar-refractivity contribution in [2.75, 3.05) is 13.1 Å². The van der Waals surface area contributed by atoms with Crippen LogP contribution in [-0.2, 0) is 6.42 Å². The van der Waals surface area contributed by atoms with E-state index in [0.29, 0.717) is 18.0 Å². The van der Waals surface area contributed by atoms with E-state index in [1.165, 1.54) is 44.3 Å². The van der Waals surface area contributed by atoms with Crippen molar-refractivity contribution in [2.24, 2.45) is 11.7 Å². The van der Waals surface area contributed by atoms with Crippen molar-refractivity contribution in [1.29, 1.82) is 0 Å². The first kappa shape index (κ1) is 13.1. The van der Waals surface area contributed by atoms with Crippen LogP contribution in [0.15, 0.2) is 24.3 Å². The van der Waals surface area contributed by atoms with Gasteiger partial charge in [0.25, 0.3) is 0 Å². The molecule has 1 fully saturated rings. The fraction of sp³-hybridized carbons (Fsp3) is 0.647. The highest BCUT2D eigenvalue weighted by molar-refractivity contribution is 5.33.